The Morgan fingerprint density at radius 3 is 2.94 bits per heavy atom. The maximum absolute atomic E-state index is 3.67. The van der Waals surface area contributed by atoms with Gasteiger partial charge in [0.25, 0.3) is 0 Å². The van der Waals surface area contributed by atoms with Gasteiger partial charge in [-0.2, -0.15) is 0 Å². The number of hydrogen-bond donors (Lipinski definition) is 0. The molecule has 1 nitrogen and oxygen atoms in total. The number of hydrogen-bond acceptors (Lipinski definition) is 1. The van der Waals surface area contributed by atoms with Crippen LogP contribution in [0.3, 0.4) is 0 Å². The van der Waals surface area contributed by atoms with E-state index in [1.165, 1.54) is 43.4 Å². The Hall–Kier alpha value is -0.340. The van der Waals surface area contributed by atoms with Gasteiger partial charge in [-0.05, 0) is 31.9 Å². The smallest absolute Gasteiger partial charge is 0.0237 e. The van der Waals surface area contributed by atoms with E-state index in [-0.39, 0.29) is 0 Å². The second-order valence-electron chi connectivity index (χ2n) is 5.12. The topological polar surface area (TPSA) is 3.24 Å². The zero-order valence-electron chi connectivity index (χ0n) is 10.7. The molecule has 0 bridgehead atoms. The van der Waals surface area contributed by atoms with Gasteiger partial charge >= 0.3 is 0 Å². The summed E-state index contributed by atoms with van der Waals surface area (Å²) >= 11 is 3.67. The molecule has 1 aromatic carbocycles. The largest absolute Gasteiger partial charge is 0.295 e. The Morgan fingerprint density at radius 2 is 2.18 bits per heavy atom. The highest BCUT2D eigenvalue weighted by Gasteiger charge is 2.19. The van der Waals surface area contributed by atoms with Gasteiger partial charge in [0.1, 0.15) is 0 Å². The molecule has 0 N–H and O–H groups in total. The summed E-state index contributed by atoms with van der Waals surface area (Å²) < 4.78 is 0. The fourth-order valence-electron chi connectivity index (χ4n) is 2.66. The number of rotatable bonds is 3. The summed E-state index contributed by atoms with van der Waals surface area (Å²) in [4.78, 5) is 2.65. The van der Waals surface area contributed by atoms with Crippen molar-refractivity contribution in [1.82, 2.24) is 4.90 Å². The lowest BCUT2D eigenvalue weighted by Gasteiger charge is -2.28. The molecule has 1 aliphatic heterocycles. The van der Waals surface area contributed by atoms with Gasteiger partial charge in [0.15, 0.2) is 0 Å². The molecule has 1 aliphatic rings. The minimum atomic E-state index is 0.720. The van der Waals surface area contributed by atoms with E-state index in [0.29, 0.717) is 0 Å². The molecule has 0 aliphatic carbocycles. The standard InChI is InChI=1S/C15H22BrN/c1-13-6-5-7-14(10-13)12-17-9-4-2-3-8-15(17)11-16/h5-7,10,15H,2-4,8-9,11-12H2,1H3. The van der Waals surface area contributed by atoms with Gasteiger partial charge < -0.3 is 0 Å². The molecule has 1 aromatic rings. The van der Waals surface area contributed by atoms with Crippen LogP contribution in [0, 0.1) is 6.92 Å². The first kappa shape index (κ1) is 13.1. The van der Waals surface area contributed by atoms with Gasteiger partial charge in [-0.1, -0.05) is 58.6 Å². The lowest BCUT2D eigenvalue weighted by molar-refractivity contribution is 0.209. The summed E-state index contributed by atoms with van der Waals surface area (Å²) in [6.07, 6.45) is 5.49. The van der Waals surface area contributed by atoms with Crippen molar-refractivity contribution in [3.63, 3.8) is 0 Å². The van der Waals surface area contributed by atoms with Crippen LogP contribution in [0.1, 0.15) is 36.8 Å². The summed E-state index contributed by atoms with van der Waals surface area (Å²) in [5, 5.41) is 1.11. The molecule has 2 heteroatoms. The first-order valence-electron chi connectivity index (χ1n) is 6.65. The summed E-state index contributed by atoms with van der Waals surface area (Å²) in [6, 6.07) is 9.64. The predicted octanol–water partition coefficient (Wildman–Crippen LogP) is 4.13. The van der Waals surface area contributed by atoms with Crippen LogP contribution in [0.2, 0.25) is 0 Å². The molecule has 1 unspecified atom stereocenters. The Labute approximate surface area is 113 Å². The zero-order valence-corrected chi connectivity index (χ0v) is 12.2. The fraction of sp³-hybridized carbons (Fsp3) is 0.600. The number of benzene rings is 1. The molecule has 1 atom stereocenters. The molecule has 17 heavy (non-hydrogen) atoms. The molecule has 2 rings (SSSR count). The molecule has 0 spiro atoms. The van der Waals surface area contributed by atoms with Crippen molar-refractivity contribution >= 4 is 15.9 Å². The Balaban J connectivity index is 2.04. The predicted molar refractivity (Wildman–Crippen MR) is 77.6 cm³/mol. The lowest BCUT2D eigenvalue weighted by Crippen LogP contribution is -2.35. The van der Waals surface area contributed by atoms with Gasteiger partial charge in [0.05, 0.1) is 0 Å². The van der Waals surface area contributed by atoms with Crippen molar-refractivity contribution in [2.45, 2.75) is 45.2 Å². The van der Waals surface area contributed by atoms with E-state index >= 15 is 0 Å². The van der Waals surface area contributed by atoms with Crippen molar-refractivity contribution < 1.29 is 0 Å². The first-order chi connectivity index (χ1) is 8.29. The number of likely N-dealkylation sites (tertiary alicyclic amines) is 1. The van der Waals surface area contributed by atoms with Gasteiger partial charge in [0, 0.05) is 17.9 Å². The normalized spacial score (nSPS) is 22.4. The van der Waals surface area contributed by atoms with Crippen molar-refractivity contribution in [3.8, 4) is 0 Å². The minimum Gasteiger partial charge on any atom is -0.295 e. The van der Waals surface area contributed by atoms with Crippen molar-refractivity contribution in [3.05, 3.63) is 35.4 Å². The van der Waals surface area contributed by atoms with E-state index in [9.17, 15) is 0 Å². The second-order valence-corrected chi connectivity index (χ2v) is 5.76. The lowest BCUT2D eigenvalue weighted by atomic mass is 10.1. The van der Waals surface area contributed by atoms with Gasteiger partial charge in [0.2, 0.25) is 0 Å². The number of aryl methyl sites for hydroxylation is 1. The van der Waals surface area contributed by atoms with Crippen molar-refractivity contribution in [2.75, 3.05) is 11.9 Å². The highest BCUT2D eigenvalue weighted by molar-refractivity contribution is 9.09. The maximum atomic E-state index is 3.67. The van der Waals surface area contributed by atoms with Crippen LogP contribution in [-0.4, -0.2) is 22.8 Å². The van der Waals surface area contributed by atoms with Gasteiger partial charge in [-0.3, -0.25) is 4.90 Å². The maximum Gasteiger partial charge on any atom is 0.0237 e. The van der Waals surface area contributed by atoms with Crippen molar-refractivity contribution in [2.24, 2.45) is 0 Å². The Morgan fingerprint density at radius 1 is 1.29 bits per heavy atom. The molecule has 1 heterocycles. The van der Waals surface area contributed by atoms with Crippen LogP contribution < -0.4 is 0 Å². The van der Waals surface area contributed by atoms with E-state index in [0.717, 1.165) is 17.9 Å². The molecular formula is C15H22BrN. The molecule has 0 amide bonds. The quantitative estimate of drug-likeness (QED) is 0.758. The first-order valence-corrected chi connectivity index (χ1v) is 7.77. The zero-order chi connectivity index (χ0) is 12.1. The molecule has 94 valence electrons. The third kappa shape index (κ3) is 3.82. The van der Waals surface area contributed by atoms with Gasteiger partial charge in [-0.15, -0.1) is 0 Å². The van der Waals surface area contributed by atoms with Crippen LogP contribution in [0.4, 0.5) is 0 Å². The van der Waals surface area contributed by atoms with Crippen LogP contribution >= 0.6 is 15.9 Å². The van der Waals surface area contributed by atoms with Crippen LogP contribution in [0.25, 0.3) is 0 Å². The average molecular weight is 296 g/mol. The molecule has 1 fully saturated rings. The molecule has 0 radical (unpaired) electrons. The van der Waals surface area contributed by atoms with E-state index in [1.807, 2.05) is 0 Å². The van der Waals surface area contributed by atoms with E-state index in [4.69, 9.17) is 0 Å². The Bertz CT molecular complexity index is 351. The fourth-order valence-corrected chi connectivity index (χ4v) is 3.40. The van der Waals surface area contributed by atoms with Crippen LogP contribution in [0.15, 0.2) is 24.3 Å². The molecular weight excluding hydrogens is 274 g/mol. The summed E-state index contributed by atoms with van der Waals surface area (Å²) in [6.45, 7) is 4.54. The van der Waals surface area contributed by atoms with E-state index in [2.05, 4.69) is 52.0 Å². The number of alkyl halides is 1. The van der Waals surface area contributed by atoms with Crippen LogP contribution in [0.5, 0.6) is 0 Å². The summed E-state index contributed by atoms with van der Waals surface area (Å²) in [7, 11) is 0. The molecule has 0 aromatic heterocycles. The minimum absolute atomic E-state index is 0.720. The molecule has 0 saturated carbocycles. The number of nitrogens with zero attached hydrogens (tertiary/aromatic N) is 1. The average Bonchev–Trinajstić information content (AvgIpc) is 2.54. The van der Waals surface area contributed by atoms with Gasteiger partial charge in [-0.25, -0.2) is 0 Å². The van der Waals surface area contributed by atoms with Crippen molar-refractivity contribution in [1.29, 1.82) is 0 Å². The van der Waals surface area contributed by atoms with Crippen LogP contribution in [-0.2, 0) is 6.54 Å². The Kier molecular flexibility index (Phi) is 5.05. The number of halogens is 1. The highest BCUT2D eigenvalue weighted by atomic mass is 79.9. The molecule has 1 saturated heterocycles. The SMILES string of the molecule is Cc1cccc(CN2CCCCCC2CBr)c1. The van der Waals surface area contributed by atoms with E-state index < -0.39 is 0 Å². The monoisotopic (exact) mass is 295 g/mol. The highest BCUT2D eigenvalue weighted by Crippen LogP contribution is 2.20. The summed E-state index contributed by atoms with van der Waals surface area (Å²) in [5.41, 5.74) is 2.82. The third-order valence-corrected chi connectivity index (χ3v) is 4.39. The third-order valence-electron chi connectivity index (χ3n) is 3.65. The second kappa shape index (κ2) is 6.55. The summed E-state index contributed by atoms with van der Waals surface area (Å²) in [5.74, 6) is 0. The van der Waals surface area contributed by atoms with E-state index in [1.54, 1.807) is 0 Å².